The molecule has 0 aliphatic heterocycles. The maximum Gasteiger partial charge on any atom is 0.416 e. The van der Waals surface area contributed by atoms with Crippen LogP contribution in [0.3, 0.4) is 0 Å². The van der Waals surface area contributed by atoms with E-state index >= 15 is 0 Å². The van der Waals surface area contributed by atoms with Gasteiger partial charge in [0.2, 0.25) is 0 Å². The second-order valence-electron chi connectivity index (χ2n) is 2.84. The molecule has 0 radical (unpaired) electrons. The number of nitro groups is 1. The summed E-state index contributed by atoms with van der Waals surface area (Å²) in [4.78, 5) is 18.9. The first-order valence-corrected chi connectivity index (χ1v) is 4.05. The maximum atomic E-state index is 13.3. The molecule has 16 heavy (non-hydrogen) atoms. The first-order valence-electron chi connectivity index (χ1n) is 3.67. The van der Waals surface area contributed by atoms with Crippen molar-refractivity contribution in [2.24, 2.45) is 0 Å². The average molecular weight is 260 g/mol. The number of carbonyl (C=O) groups is 1. The van der Waals surface area contributed by atoms with E-state index < -0.39 is 39.4 Å². The van der Waals surface area contributed by atoms with E-state index in [9.17, 15) is 32.5 Å². The van der Waals surface area contributed by atoms with Crippen LogP contribution in [0.2, 0.25) is 0 Å². The van der Waals surface area contributed by atoms with E-state index in [2.05, 4.69) is 0 Å². The molecule has 0 N–H and O–H groups in total. The summed E-state index contributed by atoms with van der Waals surface area (Å²) in [5.41, 5.74) is -1.41. The number of hydrogen-bond donors (Lipinski definition) is 0. The van der Waals surface area contributed by atoms with Crippen molar-refractivity contribution in [3.05, 3.63) is 33.4 Å². The Kier molecular flexibility index (Phi) is 3.04. The molecule has 0 spiro atoms. The Bertz CT molecular complexity index is 435. The van der Waals surface area contributed by atoms with Gasteiger partial charge in [0.05, 0.1) is 10.5 Å². The summed E-state index contributed by atoms with van der Waals surface area (Å²) in [5.74, 6) is -8.45. The lowest BCUT2D eigenvalue weighted by Crippen LogP contribution is -2.44. The van der Waals surface area contributed by atoms with Gasteiger partial charge in [0.15, 0.2) is 11.7 Å². The smallest absolute Gasteiger partial charge is 0.275 e. The van der Waals surface area contributed by atoms with Crippen LogP contribution in [0, 0.1) is 10.1 Å². The summed E-state index contributed by atoms with van der Waals surface area (Å²) in [6.45, 7) is 0. The van der Waals surface area contributed by atoms with Crippen LogP contribution in [0.4, 0.5) is 17.6 Å². The lowest BCUT2D eigenvalue weighted by Gasteiger charge is -2.21. The Balaban J connectivity index is 3.41. The van der Waals surface area contributed by atoms with Crippen molar-refractivity contribution in [1.29, 1.82) is 0 Å². The topological polar surface area (TPSA) is 60.2 Å². The molecule has 9 heteroatoms. The van der Waals surface area contributed by atoms with Crippen LogP contribution < -0.4 is 0 Å². The van der Waals surface area contributed by atoms with E-state index in [1.807, 2.05) is 0 Å². The van der Waals surface area contributed by atoms with Gasteiger partial charge in [-0.3, -0.25) is 14.9 Å². The zero-order valence-corrected chi connectivity index (χ0v) is 7.97. The molecule has 0 saturated heterocycles. The highest BCUT2D eigenvalue weighted by atomic mass is 35.5. The molecular weight excluding hydrogens is 258 g/mol. The molecule has 1 rings (SSSR count). The van der Waals surface area contributed by atoms with Gasteiger partial charge in [-0.15, -0.1) is 0 Å². The monoisotopic (exact) mass is 259 g/mol. The number of allylic oxidation sites excluding steroid dienone is 2. The van der Waals surface area contributed by atoms with Crippen molar-refractivity contribution >= 4 is 16.8 Å². The molecule has 0 amide bonds. The Morgan fingerprint density at radius 1 is 1.56 bits per heavy atom. The maximum absolute atomic E-state index is 13.3. The van der Waals surface area contributed by atoms with Crippen molar-refractivity contribution in [1.82, 2.24) is 0 Å². The van der Waals surface area contributed by atoms with Crippen LogP contribution in [0.5, 0.6) is 0 Å². The molecule has 0 unspecified atom stereocenters. The highest BCUT2D eigenvalue weighted by Gasteiger charge is 2.57. The summed E-state index contributed by atoms with van der Waals surface area (Å²) >= 11 is 4.74. The Morgan fingerprint density at radius 3 is 2.44 bits per heavy atom. The van der Waals surface area contributed by atoms with Gasteiger partial charge < -0.3 is 0 Å². The summed E-state index contributed by atoms with van der Waals surface area (Å²) in [6, 6.07) is 0. The third kappa shape index (κ3) is 1.69. The average Bonchev–Trinajstić information content (AvgIpc) is 2.19. The molecule has 0 aromatic heterocycles. The Hall–Kier alpha value is -1.44. The van der Waals surface area contributed by atoms with Gasteiger partial charge in [0.1, 0.15) is 0 Å². The first-order chi connectivity index (χ1) is 7.21. The van der Waals surface area contributed by atoms with Gasteiger partial charge in [0, 0.05) is 6.08 Å². The normalized spacial score (nSPS) is 30.1. The number of rotatable bonds is 2. The third-order valence-electron chi connectivity index (χ3n) is 1.86. The van der Waals surface area contributed by atoms with Crippen molar-refractivity contribution in [2.75, 3.05) is 0 Å². The molecule has 0 aromatic rings. The third-order valence-corrected chi connectivity index (χ3v) is 2.07. The minimum absolute atomic E-state index is 0.286. The summed E-state index contributed by atoms with van der Waals surface area (Å²) in [7, 11) is 0. The molecule has 0 bridgehead atoms. The van der Waals surface area contributed by atoms with E-state index in [0.717, 1.165) is 0 Å². The largest absolute Gasteiger partial charge is 0.416 e. The summed E-state index contributed by atoms with van der Waals surface area (Å²) < 4.78 is 51.8. The van der Waals surface area contributed by atoms with Gasteiger partial charge in [-0.25, -0.2) is 13.2 Å². The fourth-order valence-electron chi connectivity index (χ4n) is 1.04. The van der Waals surface area contributed by atoms with E-state index in [1.54, 1.807) is 0 Å². The molecule has 1 aliphatic carbocycles. The molecule has 4 nitrogen and oxygen atoms in total. The van der Waals surface area contributed by atoms with Crippen LogP contribution in [-0.2, 0) is 4.79 Å². The van der Waals surface area contributed by atoms with Crippen molar-refractivity contribution in [2.45, 2.75) is 12.0 Å². The van der Waals surface area contributed by atoms with Crippen molar-refractivity contribution in [3.63, 3.8) is 0 Å². The molecule has 2 atom stereocenters. The van der Waals surface area contributed by atoms with Gasteiger partial charge in [-0.2, -0.15) is 4.39 Å². The zero-order valence-electron chi connectivity index (χ0n) is 7.22. The van der Waals surface area contributed by atoms with Crippen LogP contribution in [0.1, 0.15) is 0 Å². The predicted octanol–water partition coefficient (Wildman–Crippen LogP) is 2.12. The predicted molar refractivity (Wildman–Crippen MR) is 43.9 cm³/mol. The lowest BCUT2D eigenvalue weighted by molar-refractivity contribution is -0.598. The molecule has 88 valence electrons. The number of halogens is 5. The van der Waals surface area contributed by atoms with Crippen LogP contribution in [0.25, 0.3) is 0 Å². The van der Waals surface area contributed by atoms with Gasteiger partial charge >= 0.3 is 5.79 Å². The quantitative estimate of drug-likeness (QED) is 0.251. The summed E-state index contributed by atoms with van der Waals surface area (Å²) in [5, 5.41) is 8.52. The standard InChI is InChI=1S/C7H2ClF4NO3/c8-6(14)2-1-7(12,13(15)16)5(11)4(10)3(2)9/h1,5H/t5-,7-/m1/s1. The molecular formula is C7H2ClF4NO3. The van der Waals surface area contributed by atoms with E-state index in [0.29, 0.717) is 0 Å². The highest BCUT2D eigenvalue weighted by molar-refractivity contribution is 6.68. The van der Waals surface area contributed by atoms with Gasteiger partial charge in [0.25, 0.3) is 11.4 Å². The SMILES string of the molecule is O=C(Cl)C1=C[C@@](F)([N+](=O)[O-])[C@H](F)C(F)=C1F. The van der Waals surface area contributed by atoms with Crippen LogP contribution in [-0.4, -0.2) is 22.1 Å². The Morgan fingerprint density at radius 2 is 2.06 bits per heavy atom. The second-order valence-corrected chi connectivity index (χ2v) is 3.18. The van der Waals surface area contributed by atoms with E-state index in [1.165, 1.54) is 0 Å². The number of nitrogens with zero attached hydrogens (tertiary/aromatic N) is 1. The minimum atomic E-state index is -4.04. The first kappa shape index (κ1) is 12.6. The molecule has 0 saturated carbocycles. The summed E-state index contributed by atoms with van der Waals surface area (Å²) in [6.07, 6.45) is -3.74. The van der Waals surface area contributed by atoms with E-state index in [-0.39, 0.29) is 6.08 Å². The highest BCUT2D eigenvalue weighted by Crippen LogP contribution is 2.39. The molecule has 0 aromatic carbocycles. The van der Waals surface area contributed by atoms with E-state index in [4.69, 9.17) is 11.6 Å². The number of hydrogen-bond acceptors (Lipinski definition) is 3. The Labute approximate surface area is 90.3 Å². The number of alkyl halides is 2. The lowest BCUT2D eigenvalue weighted by atomic mass is 9.98. The van der Waals surface area contributed by atoms with Crippen LogP contribution in [0.15, 0.2) is 23.3 Å². The number of carbonyl (C=O) groups excluding carboxylic acids is 1. The van der Waals surface area contributed by atoms with Gasteiger partial charge in [-0.1, -0.05) is 0 Å². The fraction of sp³-hybridized carbons (Fsp3) is 0.286. The zero-order chi connectivity index (χ0) is 12.7. The fourth-order valence-corrected chi connectivity index (χ4v) is 1.18. The van der Waals surface area contributed by atoms with Crippen molar-refractivity contribution in [3.8, 4) is 0 Å². The molecule has 0 heterocycles. The minimum Gasteiger partial charge on any atom is -0.275 e. The van der Waals surface area contributed by atoms with Gasteiger partial charge in [-0.05, 0) is 11.6 Å². The molecule has 0 fully saturated rings. The van der Waals surface area contributed by atoms with Crippen molar-refractivity contribution < 1.29 is 27.3 Å². The van der Waals surface area contributed by atoms with Crippen LogP contribution >= 0.6 is 11.6 Å². The molecule has 1 aliphatic rings. The second kappa shape index (κ2) is 3.85.